The van der Waals surface area contributed by atoms with E-state index in [-0.39, 0.29) is 26.2 Å². The Labute approximate surface area is 75.8 Å². The molecule has 0 aliphatic carbocycles. The number of hydrogen-bond donors (Lipinski definition) is 0. The fraction of sp³-hybridized carbons (Fsp3) is 0.375. The molecule has 1 heteroatoms. The molecule has 0 radical (unpaired) electrons. The molecule has 0 aromatic heterocycles. The molecule has 0 nitrogen and oxygen atoms in total. The van der Waals surface area contributed by atoms with E-state index in [0.717, 1.165) is 6.42 Å². The van der Waals surface area contributed by atoms with Gasteiger partial charge in [-0.1, -0.05) is 20.3 Å². The van der Waals surface area contributed by atoms with E-state index in [1.54, 1.807) is 0 Å². The van der Waals surface area contributed by atoms with Crippen LogP contribution in [-0.2, 0) is 32.6 Å². The maximum atomic E-state index is 2.22. The molecule has 48 valence electrons. The third-order valence-corrected chi connectivity index (χ3v) is 1.38. The van der Waals surface area contributed by atoms with Crippen molar-refractivity contribution in [3.8, 4) is 0 Å². The molecule has 0 saturated heterocycles. The molecular formula is C8H11Zr-. The van der Waals surface area contributed by atoms with Crippen molar-refractivity contribution in [1.82, 2.24) is 0 Å². The standard InChI is InChI=1S/C8H11.Zr/c1-3-8-5-4-7(2)6-8;/h4-6H,3H2,1-2H3;/q-1;. The van der Waals surface area contributed by atoms with Gasteiger partial charge in [-0.3, -0.25) is 0 Å². The van der Waals surface area contributed by atoms with E-state index in [1.807, 2.05) is 0 Å². The monoisotopic (exact) mass is 197 g/mol. The first-order valence-corrected chi connectivity index (χ1v) is 3.05. The number of rotatable bonds is 1. The molecule has 1 aromatic carbocycles. The molecule has 0 bridgehead atoms. The first-order chi connectivity index (χ1) is 3.83. The van der Waals surface area contributed by atoms with Crippen molar-refractivity contribution in [2.24, 2.45) is 0 Å². The molecule has 0 fully saturated rings. The van der Waals surface area contributed by atoms with Gasteiger partial charge in [-0.05, 0) is 0 Å². The van der Waals surface area contributed by atoms with Crippen LogP contribution in [0.2, 0.25) is 0 Å². The summed E-state index contributed by atoms with van der Waals surface area (Å²) in [5.74, 6) is 0. The summed E-state index contributed by atoms with van der Waals surface area (Å²) in [6, 6.07) is 6.55. The Morgan fingerprint density at radius 2 is 2.22 bits per heavy atom. The molecule has 0 amide bonds. The van der Waals surface area contributed by atoms with Gasteiger partial charge in [0.2, 0.25) is 0 Å². The van der Waals surface area contributed by atoms with E-state index in [4.69, 9.17) is 0 Å². The first-order valence-electron chi connectivity index (χ1n) is 3.05. The van der Waals surface area contributed by atoms with E-state index in [1.165, 1.54) is 11.1 Å². The zero-order valence-electron chi connectivity index (χ0n) is 5.94. The number of aryl methyl sites for hydroxylation is 2. The maximum Gasteiger partial charge on any atom is 0 e. The average molecular weight is 198 g/mol. The van der Waals surface area contributed by atoms with Gasteiger partial charge in [-0.2, -0.15) is 17.7 Å². The molecule has 0 unspecified atom stereocenters. The molecule has 0 aliphatic rings. The van der Waals surface area contributed by atoms with Crippen LogP contribution >= 0.6 is 0 Å². The second kappa shape index (κ2) is 4.11. The fourth-order valence-corrected chi connectivity index (χ4v) is 0.847. The minimum atomic E-state index is 0. The van der Waals surface area contributed by atoms with Crippen molar-refractivity contribution in [1.29, 1.82) is 0 Å². The average Bonchev–Trinajstić information content (AvgIpc) is 2.14. The van der Waals surface area contributed by atoms with Crippen LogP contribution in [0.5, 0.6) is 0 Å². The summed E-state index contributed by atoms with van der Waals surface area (Å²) in [6.07, 6.45) is 1.16. The molecule has 9 heavy (non-hydrogen) atoms. The van der Waals surface area contributed by atoms with E-state index in [2.05, 4.69) is 32.0 Å². The van der Waals surface area contributed by atoms with E-state index in [9.17, 15) is 0 Å². The summed E-state index contributed by atoms with van der Waals surface area (Å²) in [7, 11) is 0. The Morgan fingerprint density at radius 3 is 2.44 bits per heavy atom. The van der Waals surface area contributed by atoms with Crippen molar-refractivity contribution in [2.45, 2.75) is 20.3 Å². The van der Waals surface area contributed by atoms with Gasteiger partial charge in [-0.15, -0.1) is 0 Å². The minimum Gasteiger partial charge on any atom is -0.211 e. The van der Waals surface area contributed by atoms with Crippen LogP contribution in [0.3, 0.4) is 0 Å². The normalized spacial score (nSPS) is 8.67. The molecule has 0 atom stereocenters. The molecule has 1 rings (SSSR count). The van der Waals surface area contributed by atoms with Crippen molar-refractivity contribution < 1.29 is 26.2 Å². The molecule has 0 heterocycles. The Hall–Kier alpha value is 0.233. The summed E-state index contributed by atoms with van der Waals surface area (Å²) in [6.45, 7) is 4.30. The van der Waals surface area contributed by atoms with Crippen LogP contribution in [0.25, 0.3) is 0 Å². The predicted molar refractivity (Wildman–Crippen MR) is 36.1 cm³/mol. The maximum absolute atomic E-state index is 2.22. The SMILES string of the molecule is CC[c-]1ccc(C)c1.[Zr]. The molecule has 0 spiro atoms. The van der Waals surface area contributed by atoms with Gasteiger partial charge in [-0.25, -0.2) is 11.6 Å². The molecule has 0 N–H and O–H groups in total. The Morgan fingerprint density at radius 1 is 1.56 bits per heavy atom. The Bertz CT molecular complexity index is 165. The zero-order valence-corrected chi connectivity index (χ0v) is 8.40. The van der Waals surface area contributed by atoms with E-state index in [0.29, 0.717) is 0 Å². The van der Waals surface area contributed by atoms with Gasteiger partial charge >= 0.3 is 0 Å². The van der Waals surface area contributed by atoms with E-state index < -0.39 is 0 Å². The second-order valence-corrected chi connectivity index (χ2v) is 2.15. The minimum absolute atomic E-state index is 0. The molecule has 0 saturated carbocycles. The number of hydrogen-bond acceptors (Lipinski definition) is 0. The van der Waals surface area contributed by atoms with Crippen molar-refractivity contribution in [3.63, 3.8) is 0 Å². The second-order valence-electron chi connectivity index (χ2n) is 2.15. The Balaban J connectivity index is 0.000000640. The Kier molecular flexibility index (Phi) is 4.22. The summed E-state index contributed by atoms with van der Waals surface area (Å²) >= 11 is 0. The van der Waals surface area contributed by atoms with Crippen molar-refractivity contribution in [2.75, 3.05) is 0 Å². The molecule has 0 aliphatic heterocycles. The van der Waals surface area contributed by atoms with Gasteiger partial charge in [0.25, 0.3) is 0 Å². The molecular weight excluding hydrogens is 187 g/mol. The van der Waals surface area contributed by atoms with Crippen LogP contribution in [0.1, 0.15) is 18.1 Å². The van der Waals surface area contributed by atoms with Crippen molar-refractivity contribution >= 4 is 0 Å². The quantitative estimate of drug-likeness (QED) is 0.607. The summed E-state index contributed by atoms with van der Waals surface area (Å²) in [5.41, 5.74) is 2.82. The van der Waals surface area contributed by atoms with Gasteiger partial charge in [0.05, 0.1) is 0 Å². The topological polar surface area (TPSA) is 0 Å². The van der Waals surface area contributed by atoms with Gasteiger partial charge in [0.1, 0.15) is 0 Å². The summed E-state index contributed by atoms with van der Waals surface area (Å²) < 4.78 is 0. The van der Waals surface area contributed by atoms with Gasteiger partial charge in [0, 0.05) is 26.2 Å². The van der Waals surface area contributed by atoms with Crippen LogP contribution in [-0.4, -0.2) is 0 Å². The first kappa shape index (κ1) is 9.23. The summed E-state index contributed by atoms with van der Waals surface area (Å²) in [5, 5.41) is 0. The smallest absolute Gasteiger partial charge is 0 e. The largest absolute Gasteiger partial charge is 0.211 e. The van der Waals surface area contributed by atoms with Crippen LogP contribution in [0.15, 0.2) is 18.2 Å². The third kappa shape index (κ3) is 2.53. The van der Waals surface area contributed by atoms with Crippen molar-refractivity contribution in [3.05, 3.63) is 29.3 Å². The zero-order chi connectivity index (χ0) is 5.98. The van der Waals surface area contributed by atoms with E-state index >= 15 is 0 Å². The van der Waals surface area contributed by atoms with Gasteiger partial charge < -0.3 is 0 Å². The third-order valence-electron chi connectivity index (χ3n) is 1.38. The van der Waals surface area contributed by atoms with Gasteiger partial charge in [0.15, 0.2) is 0 Å². The predicted octanol–water partition coefficient (Wildman–Crippen LogP) is 2.27. The van der Waals surface area contributed by atoms with Crippen LogP contribution in [0.4, 0.5) is 0 Å². The van der Waals surface area contributed by atoms with Crippen LogP contribution in [0, 0.1) is 6.92 Å². The fourth-order valence-electron chi connectivity index (χ4n) is 0.847. The summed E-state index contributed by atoms with van der Waals surface area (Å²) in [4.78, 5) is 0. The molecule has 1 aromatic rings. The van der Waals surface area contributed by atoms with Crippen LogP contribution < -0.4 is 0 Å².